The summed E-state index contributed by atoms with van der Waals surface area (Å²) in [6, 6.07) is 1.15. The molecule has 1 saturated carbocycles. The van der Waals surface area contributed by atoms with Crippen LogP contribution in [0.25, 0.3) is 0 Å². The van der Waals surface area contributed by atoms with Crippen LogP contribution in [0.4, 0.5) is 8.78 Å². The van der Waals surface area contributed by atoms with E-state index in [-0.39, 0.29) is 16.6 Å². The molecule has 0 unspecified atom stereocenters. The Morgan fingerprint density at radius 3 is 2.57 bits per heavy atom. The van der Waals surface area contributed by atoms with Crippen molar-refractivity contribution in [2.75, 3.05) is 13.6 Å². The van der Waals surface area contributed by atoms with Gasteiger partial charge in [-0.25, -0.2) is 17.2 Å². The Bertz CT molecular complexity index is 641. The summed E-state index contributed by atoms with van der Waals surface area (Å²) >= 11 is 0. The number of amides is 1. The van der Waals surface area contributed by atoms with E-state index >= 15 is 0 Å². The van der Waals surface area contributed by atoms with E-state index in [1.54, 1.807) is 0 Å². The van der Waals surface area contributed by atoms with Crippen molar-refractivity contribution in [2.45, 2.75) is 36.6 Å². The molecule has 0 atom stereocenters. The van der Waals surface area contributed by atoms with Crippen LogP contribution >= 0.6 is 10.7 Å². The van der Waals surface area contributed by atoms with Gasteiger partial charge in [-0.05, 0) is 25.3 Å². The van der Waals surface area contributed by atoms with Crippen molar-refractivity contribution in [1.82, 2.24) is 9.47 Å². The molecular weight excluding hydrogens is 326 g/mol. The van der Waals surface area contributed by atoms with Gasteiger partial charge in [-0.2, -0.15) is 0 Å². The predicted molar refractivity (Wildman–Crippen MR) is 73.3 cm³/mol. The van der Waals surface area contributed by atoms with Gasteiger partial charge in [0.1, 0.15) is 10.6 Å². The highest BCUT2D eigenvalue weighted by Gasteiger charge is 2.29. The van der Waals surface area contributed by atoms with E-state index in [0.717, 1.165) is 30.2 Å². The average molecular weight is 341 g/mol. The molecule has 0 aromatic carbocycles. The lowest BCUT2D eigenvalue weighted by Crippen LogP contribution is -2.33. The first-order valence-electron chi connectivity index (χ1n) is 6.40. The van der Waals surface area contributed by atoms with Crippen molar-refractivity contribution in [3.63, 3.8) is 0 Å². The summed E-state index contributed by atoms with van der Waals surface area (Å²) in [7, 11) is 2.57. The molecule has 118 valence electrons. The zero-order chi connectivity index (χ0) is 15.8. The monoisotopic (exact) mass is 340 g/mol. The summed E-state index contributed by atoms with van der Waals surface area (Å²) in [5, 5.41) is 0. The molecule has 0 spiro atoms. The molecule has 2 rings (SSSR count). The second-order valence-corrected chi connectivity index (χ2v) is 7.63. The Morgan fingerprint density at radius 1 is 1.52 bits per heavy atom. The first-order chi connectivity index (χ1) is 9.70. The molecule has 1 aromatic heterocycles. The lowest BCUT2D eigenvalue weighted by atomic mass is 9.93. The third-order valence-corrected chi connectivity index (χ3v) is 4.87. The number of aromatic nitrogens is 1. The van der Waals surface area contributed by atoms with Gasteiger partial charge in [0.2, 0.25) is 0 Å². The number of carbonyl (C=O) groups is 1. The summed E-state index contributed by atoms with van der Waals surface area (Å²) in [5.41, 5.74) is 0.0714. The molecule has 0 bridgehead atoms. The van der Waals surface area contributed by atoms with Crippen molar-refractivity contribution in [2.24, 2.45) is 0 Å². The minimum Gasteiger partial charge on any atom is -0.339 e. The molecule has 0 N–H and O–H groups in total. The van der Waals surface area contributed by atoms with Gasteiger partial charge in [-0.1, -0.05) is 0 Å². The molecular formula is C12H15ClF2N2O3S. The molecule has 1 aliphatic rings. The van der Waals surface area contributed by atoms with Crippen LogP contribution in [-0.2, 0) is 9.05 Å². The highest BCUT2D eigenvalue weighted by molar-refractivity contribution is 8.13. The Hall–Kier alpha value is -1.15. The number of halogens is 3. The third kappa shape index (κ3) is 3.55. The summed E-state index contributed by atoms with van der Waals surface area (Å²) < 4.78 is 49.1. The summed E-state index contributed by atoms with van der Waals surface area (Å²) in [4.78, 5) is 12.9. The lowest BCUT2D eigenvalue weighted by molar-refractivity contribution is 0.0606. The summed E-state index contributed by atoms with van der Waals surface area (Å²) in [6.45, 7) is -0.711. The van der Waals surface area contributed by atoms with Crippen molar-refractivity contribution in [1.29, 1.82) is 0 Å². The van der Waals surface area contributed by atoms with Crippen molar-refractivity contribution in [3.05, 3.63) is 18.0 Å². The van der Waals surface area contributed by atoms with E-state index in [2.05, 4.69) is 0 Å². The maximum absolute atomic E-state index is 12.4. The average Bonchev–Trinajstić information content (AvgIpc) is 2.69. The molecule has 1 heterocycles. The van der Waals surface area contributed by atoms with Crippen LogP contribution in [0.5, 0.6) is 0 Å². The molecule has 0 radical (unpaired) electrons. The fraction of sp³-hybridized carbons (Fsp3) is 0.583. The van der Waals surface area contributed by atoms with Gasteiger partial charge >= 0.3 is 0 Å². The molecule has 5 nitrogen and oxygen atoms in total. The maximum Gasteiger partial charge on any atom is 0.270 e. The molecule has 1 aromatic rings. The Morgan fingerprint density at radius 2 is 2.14 bits per heavy atom. The summed E-state index contributed by atoms with van der Waals surface area (Å²) in [5.74, 6) is -0.645. The smallest absolute Gasteiger partial charge is 0.270 e. The first kappa shape index (κ1) is 16.2. The molecule has 0 aliphatic heterocycles. The third-order valence-electron chi connectivity index (χ3n) is 3.55. The number of rotatable bonds is 5. The fourth-order valence-corrected chi connectivity index (χ4v) is 2.96. The van der Waals surface area contributed by atoms with Gasteiger partial charge < -0.3 is 9.47 Å². The molecule has 1 aliphatic carbocycles. The number of alkyl halides is 2. The highest BCUT2D eigenvalue weighted by Crippen LogP contribution is 2.35. The fourth-order valence-electron chi connectivity index (χ4n) is 2.21. The number of nitrogens with zero attached hydrogens (tertiary/aromatic N) is 2. The van der Waals surface area contributed by atoms with Crippen LogP contribution < -0.4 is 0 Å². The first-order valence-corrected chi connectivity index (χ1v) is 8.71. The van der Waals surface area contributed by atoms with Gasteiger partial charge in [-0.3, -0.25) is 4.79 Å². The zero-order valence-electron chi connectivity index (χ0n) is 11.3. The SMILES string of the molecule is CN(CC(F)F)C(=O)c1cc(S(=O)(=O)Cl)cn1C1CCC1. The largest absolute Gasteiger partial charge is 0.339 e. The van der Waals surface area contributed by atoms with Crippen LogP contribution in [0.3, 0.4) is 0 Å². The molecule has 21 heavy (non-hydrogen) atoms. The van der Waals surface area contributed by atoms with E-state index in [0.29, 0.717) is 0 Å². The highest BCUT2D eigenvalue weighted by atomic mass is 35.7. The predicted octanol–water partition coefficient (Wildman–Crippen LogP) is 2.48. The van der Waals surface area contributed by atoms with Crippen molar-refractivity contribution < 1.29 is 22.0 Å². The molecule has 1 amide bonds. The van der Waals surface area contributed by atoms with Crippen LogP contribution in [0.2, 0.25) is 0 Å². The quantitative estimate of drug-likeness (QED) is 0.774. The van der Waals surface area contributed by atoms with E-state index in [4.69, 9.17) is 10.7 Å². The lowest BCUT2D eigenvalue weighted by Gasteiger charge is -2.29. The Balaban J connectivity index is 2.36. The van der Waals surface area contributed by atoms with Crippen LogP contribution in [-0.4, -0.2) is 43.8 Å². The van der Waals surface area contributed by atoms with Gasteiger partial charge in [0, 0.05) is 30.0 Å². The molecule has 9 heteroatoms. The minimum absolute atomic E-state index is 0.0102. The second-order valence-electron chi connectivity index (χ2n) is 5.07. The topological polar surface area (TPSA) is 59.4 Å². The van der Waals surface area contributed by atoms with Gasteiger partial charge in [0.15, 0.2) is 0 Å². The maximum atomic E-state index is 12.4. The van der Waals surface area contributed by atoms with E-state index < -0.39 is 27.9 Å². The molecule has 1 fully saturated rings. The standard InChI is InChI=1S/C12H15ClF2N2O3S/c1-16(7-11(14)15)12(18)10-5-9(21(13,19)20)6-17(10)8-3-2-4-8/h5-6,8,11H,2-4,7H2,1H3. The van der Waals surface area contributed by atoms with Gasteiger partial charge in [0.05, 0.1) is 6.54 Å². The normalized spacial score (nSPS) is 16.0. The zero-order valence-corrected chi connectivity index (χ0v) is 12.9. The van der Waals surface area contributed by atoms with E-state index in [1.165, 1.54) is 17.8 Å². The number of hydrogen-bond acceptors (Lipinski definition) is 3. The Kier molecular flexibility index (Phi) is 4.57. The van der Waals surface area contributed by atoms with Crippen molar-refractivity contribution >= 4 is 25.6 Å². The number of carbonyl (C=O) groups excluding carboxylic acids is 1. The summed E-state index contributed by atoms with van der Waals surface area (Å²) in [6.07, 6.45) is 1.26. The van der Waals surface area contributed by atoms with Crippen molar-refractivity contribution in [3.8, 4) is 0 Å². The van der Waals surface area contributed by atoms with E-state index in [9.17, 15) is 22.0 Å². The minimum atomic E-state index is -3.97. The Labute approximate surface area is 125 Å². The van der Waals surface area contributed by atoms with Crippen LogP contribution in [0.15, 0.2) is 17.2 Å². The molecule has 0 saturated heterocycles. The van der Waals surface area contributed by atoms with Gasteiger partial charge in [-0.15, -0.1) is 0 Å². The van der Waals surface area contributed by atoms with Crippen LogP contribution in [0.1, 0.15) is 35.8 Å². The van der Waals surface area contributed by atoms with Gasteiger partial charge in [0.25, 0.3) is 21.4 Å². The number of hydrogen-bond donors (Lipinski definition) is 0. The van der Waals surface area contributed by atoms with Crippen LogP contribution in [0, 0.1) is 0 Å². The van der Waals surface area contributed by atoms with E-state index in [1.807, 2.05) is 0 Å². The second kappa shape index (κ2) is 5.92.